The van der Waals surface area contributed by atoms with Crippen molar-refractivity contribution in [2.75, 3.05) is 12.3 Å². The second kappa shape index (κ2) is 6.08. The normalized spacial score (nSPS) is 10.4. The molecule has 0 unspecified atom stereocenters. The van der Waals surface area contributed by atoms with Gasteiger partial charge in [-0.3, -0.25) is 0 Å². The molecule has 0 radical (unpaired) electrons. The Morgan fingerprint density at radius 3 is 2.95 bits per heavy atom. The van der Waals surface area contributed by atoms with Gasteiger partial charge in [-0.05, 0) is 26.0 Å². The lowest BCUT2D eigenvalue weighted by Crippen LogP contribution is -2.07. The fraction of sp³-hybridized carbons (Fsp3) is 0.231. The van der Waals surface area contributed by atoms with Crippen LogP contribution in [0, 0.1) is 6.92 Å². The Labute approximate surface area is 120 Å². The van der Waals surface area contributed by atoms with Crippen molar-refractivity contribution < 1.29 is 9.53 Å². The molecule has 1 aromatic carbocycles. The molecule has 0 fully saturated rings. The van der Waals surface area contributed by atoms with E-state index in [2.05, 4.69) is 4.98 Å². The third kappa shape index (κ3) is 3.27. The highest BCUT2D eigenvalue weighted by atomic mass is 32.2. The lowest BCUT2D eigenvalue weighted by Gasteiger charge is -2.09. The van der Waals surface area contributed by atoms with Crippen LogP contribution in [0.2, 0.25) is 0 Å². The van der Waals surface area contributed by atoms with Crippen LogP contribution in [0.15, 0.2) is 32.8 Å². The third-order valence-corrected chi connectivity index (χ3v) is 4.54. The average Bonchev–Trinajstić information content (AvgIpc) is 2.78. The van der Waals surface area contributed by atoms with E-state index in [-0.39, 0.29) is 5.97 Å². The predicted octanol–water partition coefficient (Wildman–Crippen LogP) is 3.36. The quantitative estimate of drug-likeness (QED) is 0.692. The van der Waals surface area contributed by atoms with Crippen molar-refractivity contribution in [3.8, 4) is 0 Å². The SMILES string of the molecule is CCOC(=O)c1cccc(N)c1Sc1nc(C)cs1. The Bertz CT molecular complexity index is 596. The molecule has 100 valence electrons. The number of ether oxygens (including phenoxy) is 1. The first-order valence-corrected chi connectivity index (χ1v) is 7.47. The molecule has 0 aliphatic rings. The van der Waals surface area contributed by atoms with Gasteiger partial charge in [-0.15, -0.1) is 11.3 Å². The number of nitrogen functional groups attached to an aromatic ring is 1. The van der Waals surface area contributed by atoms with Gasteiger partial charge in [0.15, 0.2) is 4.34 Å². The van der Waals surface area contributed by atoms with E-state index in [1.54, 1.807) is 25.1 Å². The molecule has 4 nitrogen and oxygen atoms in total. The fourth-order valence-corrected chi connectivity index (χ4v) is 3.42. The zero-order valence-electron chi connectivity index (χ0n) is 10.7. The monoisotopic (exact) mass is 294 g/mol. The maximum Gasteiger partial charge on any atom is 0.339 e. The van der Waals surface area contributed by atoms with Gasteiger partial charge in [0.1, 0.15) is 0 Å². The van der Waals surface area contributed by atoms with E-state index < -0.39 is 0 Å². The van der Waals surface area contributed by atoms with Crippen molar-refractivity contribution in [1.82, 2.24) is 4.98 Å². The molecule has 0 bridgehead atoms. The van der Waals surface area contributed by atoms with Gasteiger partial charge in [-0.25, -0.2) is 9.78 Å². The summed E-state index contributed by atoms with van der Waals surface area (Å²) in [6, 6.07) is 5.24. The first-order valence-electron chi connectivity index (χ1n) is 5.77. The van der Waals surface area contributed by atoms with Crippen LogP contribution in [0.4, 0.5) is 5.69 Å². The Kier molecular flexibility index (Phi) is 4.44. The summed E-state index contributed by atoms with van der Waals surface area (Å²) >= 11 is 2.93. The highest BCUT2D eigenvalue weighted by Gasteiger charge is 2.17. The van der Waals surface area contributed by atoms with E-state index in [9.17, 15) is 4.79 Å². The second-order valence-electron chi connectivity index (χ2n) is 3.80. The molecule has 2 aromatic rings. The lowest BCUT2D eigenvalue weighted by atomic mass is 10.2. The van der Waals surface area contributed by atoms with E-state index in [1.807, 2.05) is 12.3 Å². The summed E-state index contributed by atoms with van der Waals surface area (Å²) < 4.78 is 5.90. The predicted molar refractivity (Wildman–Crippen MR) is 77.8 cm³/mol. The van der Waals surface area contributed by atoms with Crippen molar-refractivity contribution in [3.05, 3.63) is 34.8 Å². The van der Waals surface area contributed by atoms with E-state index >= 15 is 0 Å². The topological polar surface area (TPSA) is 65.2 Å². The number of nitrogens with zero attached hydrogens (tertiary/aromatic N) is 1. The van der Waals surface area contributed by atoms with E-state index in [0.717, 1.165) is 10.0 Å². The highest BCUT2D eigenvalue weighted by molar-refractivity contribution is 8.01. The number of benzene rings is 1. The van der Waals surface area contributed by atoms with Crippen LogP contribution in [-0.4, -0.2) is 17.6 Å². The maximum atomic E-state index is 11.9. The molecule has 1 aromatic heterocycles. The van der Waals surface area contributed by atoms with Gasteiger partial charge >= 0.3 is 5.97 Å². The zero-order valence-corrected chi connectivity index (χ0v) is 12.3. The molecular weight excluding hydrogens is 280 g/mol. The number of thiazole rings is 1. The summed E-state index contributed by atoms with van der Waals surface area (Å²) in [5.74, 6) is -0.356. The Morgan fingerprint density at radius 2 is 2.32 bits per heavy atom. The number of carbonyl (C=O) groups is 1. The number of aromatic nitrogens is 1. The van der Waals surface area contributed by atoms with Crippen LogP contribution >= 0.6 is 23.1 Å². The largest absolute Gasteiger partial charge is 0.462 e. The van der Waals surface area contributed by atoms with Crippen LogP contribution in [-0.2, 0) is 4.74 Å². The highest BCUT2D eigenvalue weighted by Crippen LogP contribution is 2.36. The molecule has 1 heterocycles. The standard InChI is InChI=1S/C13H14N2O2S2/c1-3-17-12(16)9-5-4-6-10(14)11(9)19-13-15-8(2)7-18-13/h4-7H,3,14H2,1-2H3. The van der Waals surface area contributed by atoms with Crippen molar-refractivity contribution in [1.29, 1.82) is 0 Å². The summed E-state index contributed by atoms with van der Waals surface area (Å²) in [5.41, 5.74) is 7.96. The molecule has 0 saturated heterocycles. The van der Waals surface area contributed by atoms with Gasteiger partial charge in [-0.1, -0.05) is 17.8 Å². The Hall–Kier alpha value is -1.53. The maximum absolute atomic E-state index is 11.9. The number of anilines is 1. The Morgan fingerprint density at radius 1 is 1.53 bits per heavy atom. The van der Waals surface area contributed by atoms with Gasteiger partial charge in [0.2, 0.25) is 0 Å². The van der Waals surface area contributed by atoms with E-state index in [0.29, 0.717) is 22.8 Å². The Balaban J connectivity index is 2.35. The first-order chi connectivity index (χ1) is 9.11. The van der Waals surface area contributed by atoms with E-state index in [1.165, 1.54) is 23.1 Å². The number of aryl methyl sites for hydroxylation is 1. The molecule has 0 spiro atoms. The van der Waals surface area contributed by atoms with E-state index in [4.69, 9.17) is 10.5 Å². The fourth-order valence-electron chi connectivity index (χ4n) is 1.50. The van der Waals surface area contributed by atoms with Gasteiger partial charge in [0.25, 0.3) is 0 Å². The molecular formula is C13H14N2O2S2. The minimum atomic E-state index is -0.356. The summed E-state index contributed by atoms with van der Waals surface area (Å²) in [5, 5.41) is 1.96. The summed E-state index contributed by atoms with van der Waals surface area (Å²) in [7, 11) is 0. The van der Waals surface area contributed by atoms with Crippen molar-refractivity contribution in [3.63, 3.8) is 0 Å². The number of hydrogen-bond donors (Lipinski definition) is 1. The van der Waals surface area contributed by atoms with Crippen LogP contribution in [0.25, 0.3) is 0 Å². The van der Waals surface area contributed by atoms with Gasteiger partial charge < -0.3 is 10.5 Å². The summed E-state index contributed by atoms with van der Waals surface area (Å²) in [6.07, 6.45) is 0. The minimum Gasteiger partial charge on any atom is -0.462 e. The number of rotatable bonds is 4. The molecule has 0 amide bonds. The summed E-state index contributed by atoms with van der Waals surface area (Å²) in [4.78, 5) is 17.0. The second-order valence-corrected chi connectivity index (χ2v) is 5.92. The van der Waals surface area contributed by atoms with Crippen LogP contribution in [0.3, 0.4) is 0 Å². The molecule has 0 aliphatic heterocycles. The third-order valence-electron chi connectivity index (χ3n) is 2.33. The van der Waals surface area contributed by atoms with Crippen molar-refractivity contribution in [2.45, 2.75) is 23.1 Å². The van der Waals surface area contributed by atoms with Crippen molar-refractivity contribution in [2.24, 2.45) is 0 Å². The van der Waals surface area contributed by atoms with Crippen molar-refractivity contribution >= 4 is 34.8 Å². The number of carbonyl (C=O) groups excluding carboxylic acids is 1. The van der Waals surface area contributed by atoms with Crippen LogP contribution in [0.1, 0.15) is 23.0 Å². The smallest absolute Gasteiger partial charge is 0.339 e. The molecule has 2 rings (SSSR count). The van der Waals surface area contributed by atoms with Gasteiger partial charge in [0, 0.05) is 16.8 Å². The van der Waals surface area contributed by atoms with Gasteiger partial charge in [0.05, 0.1) is 17.1 Å². The molecule has 6 heteroatoms. The molecule has 0 atom stereocenters. The molecule has 2 N–H and O–H groups in total. The number of nitrogens with two attached hydrogens (primary N) is 1. The number of hydrogen-bond acceptors (Lipinski definition) is 6. The molecule has 0 saturated carbocycles. The summed E-state index contributed by atoms with van der Waals surface area (Å²) in [6.45, 7) is 4.05. The average molecular weight is 294 g/mol. The number of esters is 1. The first kappa shape index (κ1) is 13.9. The minimum absolute atomic E-state index is 0.341. The van der Waals surface area contributed by atoms with Gasteiger partial charge in [-0.2, -0.15) is 0 Å². The van der Waals surface area contributed by atoms with Crippen LogP contribution < -0.4 is 5.73 Å². The van der Waals surface area contributed by atoms with Crippen LogP contribution in [0.5, 0.6) is 0 Å². The molecule has 0 aliphatic carbocycles. The zero-order chi connectivity index (χ0) is 13.8. The molecule has 19 heavy (non-hydrogen) atoms. The lowest BCUT2D eigenvalue weighted by molar-refractivity contribution is 0.0522.